The van der Waals surface area contributed by atoms with Crippen LogP contribution in [-0.2, 0) is 7.05 Å². The zero-order valence-electron chi connectivity index (χ0n) is 10.6. The molecule has 0 atom stereocenters. The molecule has 0 amide bonds. The van der Waals surface area contributed by atoms with Gasteiger partial charge in [-0.25, -0.2) is 0 Å². The minimum Gasteiger partial charge on any atom is -0.347 e. The van der Waals surface area contributed by atoms with Gasteiger partial charge in [-0.1, -0.05) is 6.92 Å². The van der Waals surface area contributed by atoms with Gasteiger partial charge in [-0.3, -0.25) is 9.48 Å². The van der Waals surface area contributed by atoms with Gasteiger partial charge in [0.05, 0.1) is 11.3 Å². The Balaban J connectivity index is 3.16. The molecule has 0 aliphatic rings. The van der Waals surface area contributed by atoms with Gasteiger partial charge in [0.15, 0.2) is 6.29 Å². The Hall–Kier alpha value is -1.53. The van der Waals surface area contributed by atoms with E-state index >= 15 is 0 Å². The first kappa shape index (κ1) is 14.5. The molecular weight excluding hydrogens is 247 g/mol. The summed E-state index contributed by atoms with van der Waals surface area (Å²) in [5, 5.41) is 3.99. The molecule has 0 aromatic carbocycles. The highest BCUT2D eigenvalue weighted by Crippen LogP contribution is 2.26. The van der Waals surface area contributed by atoms with Crippen LogP contribution in [0.25, 0.3) is 0 Å². The van der Waals surface area contributed by atoms with Gasteiger partial charge in [-0.15, -0.1) is 0 Å². The summed E-state index contributed by atoms with van der Waals surface area (Å²) in [5.41, 5.74) is 0.654. The molecule has 1 rings (SSSR count). The van der Waals surface area contributed by atoms with Gasteiger partial charge < -0.3 is 4.90 Å². The number of aldehydes is 1. The minimum absolute atomic E-state index is 0.218. The Kier molecular flexibility index (Phi) is 4.37. The summed E-state index contributed by atoms with van der Waals surface area (Å²) in [7, 11) is 1.54. The van der Waals surface area contributed by atoms with Crippen LogP contribution in [-0.4, -0.2) is 35.3 Å². The lowest BCUT2D eigenvalue weighted by molar-refractivity contribution is -0.119. The maximum absolute atomic E-state index is 12.5. The smallest absolute Gasteiger partial charge is 0.347 e. The van der Waals surface area contributed by atoms with Crippen molar-refractivity contribution < 1.29 is 18.0 Å². The molecular formula is C11H16F3N3O. The molecule has 0 bridgehead atoms. The van der Waals surface area contributed by atoms with Crippen LogP contribution < -0.4 is 4.90 Å². The lowest BCUT2D eigenvalue weighted by atomic mass is 10.2. The predicted molar refractivity (Wildman–Crippen MR) is 61.9 cm³/mol. The van der Waals surface area contributed by atoms with Gasteiger partial charge in [0.25, 0.3) is 0 Å². The molecule has 0 N–H and O–H groups in total. The van der Waals surface area contributed by atoms with Crippen LogP contribution >= 0.6 is 0 Å². The molecule has 7 heteroatoms. The van der Waals surface area contributed by atoms with E-state index in [1.807, 2.05) is 0 Å². The van der Waals surface area contributed by atoms with Crippen LogP contribution in [0.15, 0.2) is 0 Å². The summed E-state index contributed by atoms with van der Waals surface area (Å²) in [6.07, 6.45) is -3.21. The molecule has 102 valence electrons. The number of nitrogens with zero attached hydrogens (tertiary/aromatic N) is 3. The zero-order chi connectivity index (χ0) is 13.9. The Bertz CT molecular complexity index is 426. The van der Waals surface area contributed by atoms with Crippen LogP contribution in [0.4, 0.5) is 19.0 Å². The van der Waals surface area contributed by atoms with Crippen molar-refractivity contribution in [2.75, 3.05) is 18.0 Å². The maximum Gasteiger partial charge on any atom is 0.405 e. The number of aromatic nitrogens is 2. The zero-order valence-corrected chi connectivity index (χ0v) is 10.6. The average Bonchev–Trinajstić information content (AvgIpc) is 2.50. The first-order chi connectivity index (χ1) is 8.30. The van der Waals surface area contributed by atoms with Crippen molar-refractivity contribution in [1.82, 2.24) is 9.78 Å². The van der Waals surface area contributed by atoms with Crippen LogP contribution in [0.3, 0.4) is 0 Å². The third-order valence-corrected chi connectivity index (χ3v) is 2.52. The Morgan fingerprint density at radius 3 is 2.50 bits per heavy atom. The molecule has 0 aliphatic heterocycles. The molecule has 18 heavy (non-hydrogen) atoms. The summed E-state index contributed by atoms with van der Waals surface area (Å²) in [5.74, 6) is 0.224. The van der Waals surface area contributed by atoms with E-state index in [9.17, 15) is 18.0 Å². The van der Waals surface area contributed by atoms with E-state index in [2.05, 4.69) is 5.10 Å². The highest BCUT2D eigenvalue weighted by Gasteiger charge is 2.33. The number of hydrogen-bond acceptors (Lipinski definition) is 3. The average molecular weight is 263 g/mol. The lowest BCUT2D eigenvalue weighted by Gasteiger charge is -2.25. The van der Waals surface area contributed by atoms with Crippen molar-refractivity contribution in [2.24, 2.45) is 7.05 Å². The van der Waals surface area contributed by atoms with E-state index in [0.717, 1.165) is 4.90 Å². The molecule has 0 spiro atoms. The Morgan fingerprint density at radius 2 is 2.06 bits per heavy atom. The van der Waals surface area contributed by atoms with Gasteiger partial charge in [0.1, 0.15) is 12.4 Å². The SMILES string of the molecule is CCCN(CC(F)(F)F)c1c(C=O)c(C)nn1C. The fourth-order valence-corrected chi connectivity index (χ4v) is 1.92. The highest BCUT2D eigenvalue weighted by atomic mass is 19.4. The molecule has 1 heterocycles. The van der Waals surface area contributed by atoms with E-state index in [1.54, 1.807) is 13.8 Å². The van der Waals surface area contributed by atoms with E-state index < -0.39 is 12.7 Å². The molecule has 4 nitrogen and oxygen atoms in total. The minimum atomic E-state index is -4.31. The summed E-state index contributed by atoms with van der Waals surface area (Å²) < 4.78 is 38.9. The second-order valence-corrected chi connectivity index (χ2v) is 4.10. The van der Waals surface area contributed by atoms with Crippen molar-refractivity contribution in [1.29, 1.82) is 0 Å². The molecule has 0 saturated carbocycles. The maximum atomic E-state index is 12.5. The highest BCUT2D eigenvalue weighted by molar-refractivity contribution is 5.84. The van der Waals surface area contributed by atoms with E-state index in [-0.39, 0.29) is 17.9 Å². The van der Waals surface area contributed by atoms with Crippen molar-refractivity contribution in [3.8, 4) is 0 Å². The number of rotatable bonds is 5. The first-order valence-corrected chi connectivity index (χ1v) is 5.60. The Morgan fingerprint density at radius 1 is 1.44 bits per heavy atom. The topological polar surface area (TPSA) is 38.1 Å². The summed E-state index contributed by atoms with van der Waals surface area (Å²) in [6, 6.07) is 0. The fraction of sp³-hybridized carbons (Fsp3) is 0.636. The van der Waals surface area contributed by atoms with Crippen LogP contribution in [0.1, 0.15) is 29.4 Å². The monoisotopic (exact) mass is 263 g/mol. The van der Waals surface area contributed by atoms with Crippen LogP contribution in [0.5, 0.6) is 0 Å². The van der Waals surface area contributed by atoms with E-state index in [1.165, 1.54) is 11.7 Å². The standard InChI is InChI=1S/C11H16F3N3O/c1-4-5-17(7-11(12,13)14)10-9(6-18)8(2)15-16(10)3/h6H,4-5,7H2,1-3H3. The second-order valence-electron chi connectivity index (χ2n) is 4.10. The largest absolute Gasteiger partial charge is 0.405 e. The summed E-state index contributed by atoms with van der Waals surface area (Å²) >= 11 is 0. The fourth-order valence-electron chi connectivity index (χ4n) is 1.92. The number of halogens is 3. The number of hydrogen-bond donors (Lipinski definition) is 0. The normalized spacial score (nSPS) is 11.7. The number of alkyl halides is 3. The van der Waals surface area contributed by atoms with Gasteiger partial charge >= 0.3 is 6.18 Å². The number of aryl methyl sites for hydroxylation is 2. The van der Waals surface area contributed by atoms with Gasteiger partial charge in [-0.05, 0) is 13.3 Å². The third kappa shape index (κ3) is 3.24. The van der Waals surface area contributed by atoms with Gasteiger partial charge in [0, 0.05) is 13.6 Å². The summed E-state index contributed by atoms with van der Waals surface area (Å²) in [6.45, 7) is 2.53. The molecule has 0 radical (unpaired) electrons. The van der Waals surface area contributed by atoms with Crippen LogP contribution in [0.2, 0.25) is 0 Å². The Labute approximate surface area is 103 Å². The van der Waals surface area contributed by atoms with Crippen molar-refractivity contribution in [3.05, 3.63) is 11.3 Å². The quantitative estimate of drug-likeness (QED) is 0.765. The second kappa shape index (κ2) is 5.41. The van der Waals surface area contributed by atoms with E-state index in [4.69, 9.17) is 0 Å². The molecule has 0 unspecified atom stereocenters. The first-order valence-electron chi connectivity index (χ1n) is 5.60. The van der Waals surface area contributed by atoms with Gasteiger partial charge in [-0.2, -0.15) is 18.3 Å². The van der Waals surface area contributed by atoms with Gasteiger partial charge in [0.2, 0.25) is 0 Å². The summed E-state index contributed by atoms with van der Waals surface area (Å²) in [4.78, 5) is 12.1. The predicted octanol–water partition coefficient (Wildman–Crippen LogP) is 2.32. The number of carbonyl (C=O) groups excluding carboxylic acids is 1. The van der Waals surface area contributed by atoms with E-state index in [0.29, 0.717) is 18.4 Å². The molecule has 1 aromatic rings. The van der Waals surface area contributed by atoms with Crippen LogP contribution in [0, 0.1) is 6.92 Å². The molecule has 0 saturated heterocycles. The third-order valence-electron chi connectivity index (χ3n) is 2.52. The number of carbonyl (C=O) groups is 1. The van der Waals surface area contributed by atoms with Crippen molar-refractivity contribution in [3.63, 3.8) is 0 Å². The number of anilines is 1. The van der Waals surface area contributed by atoms with Crippen molar-refractivity contribution >= 4 is 12.1 Å². The van der Waals surface area contributed by atoms with Crippen molar-refractivity contribution in [2.45, 2.75) is 26.4 Å². The lowest BCUT2D eigenvalue weighted by Crippen LogP contribution is -2.36. The molecule has 0 fully saturated rings. The molecule has 1 aromatic heterocycles. The molecule has 0 aliphatic carbocycles.